The Bertz CT molecular complexity index is 1780. The molecule has 0 spiro atoms. The fraction of sp³-hybridized carbons (Fsp3) is 0.216. The number of aliphatic imine (C=N–C) groups is 1. The molecule has 47 heavy (non-hydrogen) atoms. The van der Waals surface area contributed by atoms with Crippen molar-refractivity contribution in [2.24, 2.45) is 4.99 Å². The summed E-state index contributed by atoms with van der Waals surface area (Å²) in [6, 6.07) is 36.4. The number of aliphatic carboxylic acids is 1. The van der Waals surface area contributed by atoms with E-state index in [2.05, 4.69) is 91.6 Å². The lowest BCUT2D eigenvalue weighted by molar-refractivity contribution is -0.133. The first-order chi connectivity index (χ1) is 23.0. The summed E-state index contributed by atoms with van der Waals surface area (Å²) in [5.74, 6) is 0.0537. The number of carboxylic acid groups (broad SMARTS) is 1. The topological polar surface area (TPSA) is 131 Å². The van der Waals surface area contributed by atoms with Crippen LogP contribution in [0.5, 0.6) is 0 Å². The maximum Gasteiger partial charge on any atom is 0.335 e. The van der Waals surface area contributed by atoms with Crippen molar-refractivity contribution in [2.45, 2.75) is 45.1 Å². The van der Waals surface area contributed by atoms with E-state index in [4.69, 9.17) is 4.99 Å². The first kappa shape index (κ1) is 31.5. The van der Waals surface area contributed by atoms with Gasteiger partial charge in [-0.25, -0.2) is 9.79 Å². The molecule has 10 heteroatoms. The summed E-state index contributed by atoms with van der Waals surface area (Å²) in [5.41, 5.74) is 5.58. The molecule has 4 aromatic carbocycles. The summed E-state index contributed by atoms with van der Waals surface area (Å²) >= 11 is 0. The van der Waals surface area contributed by atoms with Crippen LogP contribution in [0, 0.1) is 0 Å². The molecule has 0 amide bonds. The summed E-state index contributed by atoms with van der Waals surface area (Å²) < 4.78 is 0. The van der Waals surface area contributed by atoms with Crippen LogP contribution in [-0.4, -0.2) is 55.0 Å². The molecule has 10 nitrogen and oxygen atoms in total. The van der Waals surface area contributed by atoms with Gasteiger partial charge in [-0.1, -0.05) is 116 Å². The van der Waals surface area contributed by atoms with Crippen molar-refractivity contribution >= 4 is 12.2 Å². The number of aromatic nitrogens is 4. The van der Waals surface area contributed by atoms with E-state index in [-0.39, 0.29) is 12.0 Å². The minimum absolute atomic E-state index is 0.229. The Morgan fingerprint density at radius 2 is 1.45 bits per heavy atom. The normalized spacial score (nSPS) is 13.9. The Balaban J connectivity index is 1.25. The molecule has 0 bridgehead atoms. The minimum atomic E-state index is -0.973. The first-order valence-electron chi connectivity index (χ1n) is 15.8. The molecule has 6 rings (SSSR count). The van der Waals surface area contributed by atoms with Crippen molar-refractivity contribution in [2.75, 3.05) is 6.54 Å². The van der Waals surface area contributed by atoms with Gasteiger partial charge >= 0.3 is 5.97 Å². The number of nitrogens with zero attached hydrogens (tertiary/aromatic N) is 5. The zero-order chi connectivity index (χ0) is 32.5. The van der Waals surface area contributed by atoms with E-state index in [1.165, 1.54) is 0 Å². The van der Waals surface area contributed by atoms with Crippen LogP contribution in [0.15, 0.2) is 126 Å². The van der Waals surface area contributed by atoms with Gasteiger partial charge in [0, 0.05) is 44.4 Å². The summed E-state index contributed by atoms with van der Waals surface area (Å²) in [4.78, 5) is 19.8. The standard InChI is InChI=1S/C37H38N8O2/c1-2-21-45(25-29-17-19-30(20-18-29)31-15-9-10-16-32(31)34-41-43-44-42-34)35-33(36(46)47)22-37(26-38-35,39-23-27-11-5-3-6-12-27)40-24-28-13-7-4-8-14-28/h3-20,26,39-40H,2,21-25H2,1H3,(H,46,47)(H,41,42,43,44). The number of hydrogen-bond acceptors (Lipinski definition) is 8. The number of hydrogen-bond donors (Lipinski definition) is 4. The predicted molar refractivity (Wildman–Crippen MR) is 183 cm³/mol. The molecule has 2 heterocycles. The highest BCUT2D eigenvalue weighted by atomic mass is 16.4. The maximum atomic E-state index is 12.9. The predicted octanol–water partition coefficient (Wildman–Crippen LogP) is 5.79. The summed E-state index contributed by atoms with van der Waals surface area (Å²) in [5, 5.41) is 32.3. The lowest BCUT2D eigenvalue weighted by atomic mass is 9.95. The van der Waals surface area contributed by atoms with Crippen LogP contribution in [0.3, 0.4) is 0 Å². The van der Waals surface area contributed by atoms with Gasteiger partial charge in [0.15, 0.2) is 0 Å². The third kappa shape index (κ3) is 7.69. The van der Waals surface area contributed by atoms with Gasteiger partial charge in [0.1, 0.15) is 11.5 Å². The van der Waals surface area contributed by atoms with E-state index in [0.717, 1.165) is 39.8 Å². The lowest BCUT2D eigenvalue weighted by Gasteiger charge is -2.38. The molecule has 0 atom stereocenters. The zero-order valence-electron chi connectivity index (χ0n) is 26.3. The Morgan fingerprint density at radius 1 is 0.830 bits per heavy atom. The number of carboxylic acids is 1. The maximum absolute atomic E-state index is 12.9. The van der Waals surface area contributed by atoms with Crippen LogP contribution in [0.4, 0.5) is 0 Å². The van der Waals surface area contributed by atoms with E-state index in [9.17, 15) is 9.90 Å². The molecular weight excluding hydrogens is 588 g/mol. The first-order valence-corrected chi connectivity index (χ1v) is 15.8. The van der Waals surface area contributed by atoms with E-state index < -0.39 is 11.6 Å². The van der Waals surface area contributed by atoms with Crippen molar-refractivity contribution in [1.82, 2.24) is 36.2 Å². The van der Waals surface area contributed by atoms with E-state index in [1.54, 1.807) is 0 Å². The van der Waals surface area contributed by atoms with Crippen molar-refractivity contribution in [3.8, 4) is 22.5 Å². The Kier molecular flexibility index (Phi) is 9.90. The average molecular weight is 627 g/mol. The smallest absolute Gasteiger partial charge is 0.335 e. The molecule has 5 aromatic rings. The molecule has 0 unspecified atom stereocenters. The van der Waals surface area contributed by atoms with Crippen LogP contribution in [-0.2, 0) is 24.4 Å². The van der Waals surface area contributed by atoms with Gasteiger partial charge in [-0.2, -0.15) is 5.21 Å². The SMILES string of the molecule is CCCN(Cc1ccc(-c2ccccc2-c2nn[nH]n2)cc1)C1=C(C(=O)O)CC(NCc2ccccc2)(NCc2ccccc2)C=N1. The number of H-pyrrole nitrogens is 1. The van der Waals surface area contributed by atoms with Gasteiger partial charge in [-0.15, -0.1) is 10.2 Å². The number of rotatable bonds is 14. The lowest BCUT2D eigenvalue weighted by Crippen LogP contribution is -2.59. The molecule has 0 saturated carbocycles. The van der Waals surface area contributed by atoms with Crippen molar-refractivity contribution < 1.29 is 9.90 Å². The highest BCUT2D eigenvalue weighted by molar-refractivity contribution is 5.91. The van der Waals surface area contributed by atoms with Crippen molar-refractivity contribution in [3.63, 3.8) is 0 Å². The Labute approximate surface area is 274 Å². The molecule has 1 aromatic heterocycles. The second-order valence-electron chi connectivity index (χ2n) is 11.6. The number of nitrogens with one attached hydrogen (secondary N) is 3. The average Bonchev–Trinajstić information content (AvgIpc) is 3.66. The zero-order valence-corrected chi connectivity index (χ0v) is 26.3. The fourth-order valence-electron chi connectivity index (χ4n) is 5.83. The molecule has 0 radical (unpaired) electrons. The quantitative estimate of drug-likeness (QED) is 0.114. The molecule has 0 fully saturated rings. The highest BCUT2D eigenvalue weighted by Crippen LogP contribution is 2.31. The molecule has 1 aliphatic heterocycles. The summed E-state index contributed by atoms with van der Waals surface area (Å²) in [7, 11) is 0. The minimum Gasteiger partial charge on any atom is -0.478 e. The summed E-state index contributed by atoms with van der Waals surface area (Å²) in [6.07, 6.45) is 2.92. The van der Waals surface area contributed by atoms with Crippen LogP contribution < -0.4 is 10.6 Å². The monoisotopic (exact) mass is 626 g/mol. The fourth-order valence-corrected chi connectivity index (χ4v) is 5.83. The molecule has 0 saturated heterocycles. The molecule has 238 valence electrons. The van der Waals surface area contributed by atoms with Gasteiger partial charge in [0.2, 0.25) is 5.82 Å². The Hall–Kier alpha value is -5.45. The number of aromatic amines is 1. The third-order valence-corrected chi connectivity index (χ3v) is 8.24. The highest BCUT2D eigenvalue weighted by Gasteiger charge is 2.36. The van der Waals surface area contributed by atoms with Gasteiger partial charge < -0.3 is 10.0 Å². The number of tetrazole rings is 1. The largest absolute Gasteiger partial charge is 0.478 e. The van der Waals surface area contributed by atoms with Crippen LogP contribution in [0.2, 0.25) is 0 Å². The van der Waals surface area contributed by atoms with E-state index >= 15 is 0 Å². The van der Waals surface area contributed by atoms with Crippen molar-refractivity contribution in [3.05, 3.63) is 137 Å². The second kappa shape index (κ2) is 14.8. The van der Waals surface area contributed by atoms with Crippen molar-refractivity contribution in [1.29, 1.82) is 0 Å². The third-order valence-electron chi connectivity index (χ3n) is 8.24. The Morgan fingerprint density at radius 3 is 2.02 bits per heavy atom. The van der Waals surface area contributed by atoms with Gasteiger partial charge in [-0.05, 0) is 39.5 Å². The molecule has 1 aliphatic rings. The van der Waals surface area contributed by atoms with Gasteiger partial charge in [-0.3, -0.25) is 10.6 Å². The second-order valence-corrected chi connectivity index (χ2v) is 11.6. The molecule has 0 aliphatic carbocycles. The van der Waals surface area contributed by atoms with Crippen LogP contribution >= 0.6 is 0 Å². The van der Waals surface area contributed by atoms with Crippen LogP contribution in [0.1, 0.15) is 36.5 Å². The van der Waals surface area contributed by atoms with Gasteiger partial charge in [0.25, 0.3) is 0 Å². The number of benzene rings is 4. The van der Waals surface area contributed by atoms with Gasteiger partial charge in [0.05, 0.1) is 5.57 Å². The summed E-state index contributed by atoms with van der Waals surface area (Å²) in [6.45, 7) is 4.38. The van der Waals surface area contributed by atoms with E-state index in [0.29, 0.717) is 37.8 Å². The number of carbonyl (C=O) groups is 1. The van der Waals surface area contributed by atoms with Crippen LogP contribution in [0.25, 0.3) is 22.5 Å². The molecular formula is C37H38N8O2. The molecule has 4 N–H and O–H groups in total. The van der Waals surface area contributed by atoms with E-state index in [1.807, 2.05) is 66.9 Å².